The highest BCUT2D eigenvalue weighted by Gasteiger charge is 2.41. The molecule has 1 aliphatic rings. The quantitative estimate of drug-likeness (QED) is 0.356. The van der Waals surface area contributed by atoms with E-state index >= 15 is 0 Å². The second-order valence-electron chi connectivity index (χ2n) is 6.26. The van der Waals surface area contributed by atoms with Crippen molar-refractivity contribution in [2.24, 2.45) is 0 Å². The molecule has 8 heteroatoms. The molecule has 0 aromatic heterocycles. The van der Waals surface area contributed by atoms with E-state index in [1.54, 1.807) is 18.2 Å². The number of benzene rings is 1. The molecule has 0 unspecified atom stereocenters. The molecule has 1 aliphatic heterocycles. The highest BCUT2D eigenvalue weighted by molar-refractivity contribution is 6.31. The molecular weight excluding hydrogens is 384 g/mol. The van der Waals surface area contributed by atoms with Gasteiger partial charge in [0, 0.05) is 30.6 Å². The normalized spacial score (nSPS) is 16.1. The fourth-order valence-electron chi connectivity index (χ4n) is 2.85. The van der Waals surface area contributed by atoms with E-state index in [2.05, 4.69) is 0 Å². The summed E-state index contributed by atoms with van der Waals surface area (Å²) in [5.74, 6) is 0.139. The van der Waals surface area contributed by atoms with E-state index in [1.165, 1.54) is 20.3 Å². The maximum Gasteiger partial charge on any atom is 0.333 e. The Labute approximate surface area is 169 Å². The van der Waals surface area contributed by atoms with Gasteiger partial charge in [0.25, 0.3) is 11.8 Å². The van der Waals surface area contributed by atoms with Crippen LogP contribution in [0, 0.1) is 0 Å². The highest BCUT2D eigenvalue weighted by Crippen LogP contribution is 2.28. The van der Waals surface area contributed by atoms with Gasteiger partial charge in [-0.15, -0.1) is 11.6 Å². The fraction of sp³-hybridized carbons (Fsp3) is 0.450. The number of alkyl halides is 1. The molecule has 1 fully saturated rings. The number of rotatable bonds is 9. The summed E-state index contributed by atoms with van der Waals surface area (Å²) in [4.78, 5) is 40.6. The number of carbonyl (C=O) groups is 3. The Bertz CT molecular complexity index is 746. The Morgan fingerprint density at radius 1 is 1.00 bits per heavy atom. The first kappa shape index (κ1) is 21.8. The van der Waals surface area contributed by atoms with Crippen LogP contribution in [0.4, 0.5) is 4.79 Å². The minimum absolute atomic E-state index is 0.0752. The molecule has 0 atom stereocenters. The summed E-state index contributed by atoms with van der Waals surface area (Å²) < 4.78 is 10.5. The topological polar surface area (TPSA) is 76.2 Å². The lowest BCUT2D eigenvalue weighted by Crippen LogP contribution is -2.56. The number of ether oxygens (including phenoxy) is 2. The Morgan fingerprint density at radius 2 is 1.64 bits per heavy atom. The molecule has 1 saturated heterocycles. The van der Waals surface area contributed by atoms with Crippen molar-refractivity contribution in [2.45, 2.75) is 26.2 Å². The van der Waals surface area contributed by atoms with Crippen molar-refractivity contribution in [1.82, 2.24) is 9.80 Å². The average molecular weight is 409 g/mol. The van der Waals surface area contributed by atoms with Crippen LogP contribution in [-0.2, 0) is 9.59 Å². The van der Waals surface area contributed by atoms with Gasteiger partial charge in [-0.2, -0.15) is 0 Å². The minimum Gasteiger partial charge on any atom is -0.497 e. The summed E-state index contributed by atoms with van der Waals surface area (Å²) in [6, 6.07) is 4.47. The first-order chi connectivity index (χ1) is 13.5. The third kappa shape index (κ3) is 4.65. The number of halogens is 1. The van der Waals surface area contributed by atoms with Gasteiger partial charge >= 0.3 is 6.03 Å². The lowest BCUT2D eigenvalue weighted by atomic mass is 10.0. The maximum absolute atomic E-state index is 12.9. The molecule has 0 aliphatic carbocycles. The number of hydrogen-bond donors (Lipinski definition) is 0. The maximum atomic E-state index is 12.9. The van der Waals surface area contributed by atoms with Gasteiger partial charge in [-0.25, -0.2) is 4.79 Å². The predicted molar refractivity (Wildman–Crippen MR) is 107 cm³/mol. The van der Waals surface area contributed by atoms with Crippen LogP contribution in [0.5, 0.6) is 11.5 Å². The van der Waals surface area contributed by atoms with Crippen LogP contribution in [0.25, 0.3) is 6.08 Å². The molecule has 0 N–H and O–H groups in total. The molecule has 152 valence electrons. The molecule has 0 bridgehead atoms. The van der Waals surface area contributed by atoms with Crippen molar-refractivity contribution in [2.75, 3.05) is 33.2 Å². The number of nitrogens with zero attached hydrogens (tertiary/aromatic N) is 2. The summed E-state index contributed by atoms with van der Waals surface area (Å²) in [6.07, 6.45) is 3.39. The van der Waals surface area contributed by atoms with Crippen molar-refractivity contribution in [3.63, 3.8) is 0 Å². The SMILES string of the molecule is CCCCN1C(=O)/C(=C\c2ccc(OC)cc2OC)C(=O)N(CCCCl)C1=O. The Morgan fingerprint density at radius 3 is 2.18 bits per heavy atom. The lowest BCUT2D eigenvalue weighted by Gasteiger charge is -2.34. The molecule has 7 nitrogen and oxygen atoms in total. The largest absolute Gasteiger partial charge is 0.497 e. The summed E-state index contributed by atoms with van der Waals surface area (Å²) in [7, 11) is 3.03. The number of carbonyl (C=O) groups excluding carboxylic acids is 3. The fourth-order valence-corrected chi connectivity index (χ4v) is 2.97. The average Bonchev–Trinajstić information content (AvgIpc) is 2.71. The highest BCUT2D eigenvalue weighted by atomic mass is 35.5. The molecular formula is C20H25ClN2O5. The first-order valence-electron chi connectivity index (χ1n) is 9.15. The van der Waals surface area contributed by atoms with Gasteiger partial charge in [0.2, 0.25) is 0 Å². The van der Waals surface area contributed by atoms with E-state index in [0.717, 1.165) is 16.2 Å². The first-order valence-corrected chi connectivity index (χ1v) is 9.69. The molecule has 0 spiro atoms. The van der Waals surface area contributed by atoms with Crippen LogP contribution in [0.1, 0.15) is 31.7 Å². The summed E-state index contributed by atoms with van der Waals surface area (Å²) in [5.41, 5.74) is 0.468. The van der Waals surface area contributed by atoms with E-state index in [-0.39, 0.29) is 18.7 Å². The third-order valence-corrected chi connectivity index (χ3v) is 4.67. The van der Waals surface area contributed by atoms with Crippen molar-refractivity contribution in [1.29, 1.82) is 0 Å². The number of hydrogen-bond acceptors (Lipinski definition) is 5. The van der Waals surface area contributed by atoms with Crippen LogP contribution in [0.3, 0.4) is 0 Å². The minimum atomic E-state index is -0.620. The molecule has 2 rings (SSSR count). The zero-order valence-electron chi connectivity index (χ0n) is 16.4. The van der Waals surface area contributed by atoms with Gasteiger partial charge < -0.3 is 9.47 Å². The summed E-state index contributed by atoms with van der Waals surface area (Å²) in [5, 5.41) is 0. The monoisotopic (exact) mass is 408 g/mol. The van der Waals surface area contributed by atoms with Crippen molar-refractivity contribution < 1.29 is 23.9 Å². The summed E-state index contributed by atoms with van der Waals surface area (Å²) >= 11 is 5.73. The molecule has 1 aromatic carbocycles. The molecule has 1 aromatic rings. The summed E-state index contributed by atoms with van der Waals surface area (Å²) in [6.45, 7) is 2.39. The van der Waals surface area contributed by atoms with Gasteiger partial charge in [0.15, 0.2) is 0 Å². The van der Waals surface area contributed by atoms with Gasteiger partial charge in [0.05, 0.1) is 14.2 Å². The van der Waals surface area contributed by atoms with Crippen LogP contribution < -0.4 is 9.47 Å². The van der Waals surface area contributed by atoms with E-state index < -0.39 is 17.8 Å². The Balaban J connectivity index is 2.47. The van der Waals surface area contributed by atoms with Gasteiger partial charge in [-0.05, 0) is 31.1 Å². The molecule has 1 heterocycles. The number of imide groups is 2. The van der Waals surface area contributed by atoms with Crippen molar-refractivity contribution in [3.8, 4) is 11.5 Å². The van der Waals surface area contributed by atoms with E-state index in [9.17, 15) is 14.4 Å². The van der Waals surface area contributed by atoms with Crippen LogP contribution >= 0.6 is 11.6 Å². The predicted octanol–water partition coefficient (Wildman–Crippen LogP) is 3.31. The van der Waals surface area contributed by atoms with Gasteiger partial charge in [-0.1, -0.05) is 13.3 Å². The van der Waals surface area contributed by atoms with Crippen molar-refractivity contribution in [3.05, 3.63) is 29.3 Å². The third-order valence-electron chi connectivity index (χ3n) is 4.40. The van der Waals surface area contributed by atoms with E-state index in [1.807, 2.05) is 6.92 Å². The smallest absolute Gasteiger partial charge is 0.333 e. The van der Waals surface area contributed by atoms with E-state index in [4.69, 9.17) is 21.1 Å². The van der Waals surface area contributed by atoms with Gasteiger partial charge in [0.1, 0.15) is 17.1 Å². The Hall–Kier alpha value is -2.54. The molecule has 4 amide bonds. The molecule has 0 radical (unpaired) electrons. The lowest BCUT2D eigenvalue weighted by molar-refractivity contribution is -0.135. The zero-order valence-corrected chi connectivity index (χ0v) is 17.1. The van der Waals surface area contributed by atoms with Crippen LogP contribution in [0.15, 0.2) is 23.8 Å². The number of unbranched alkanes of at least 4 members (excludes halogenated alkanes) is 1. The second kappa shape index (κ2) is 10.1. The zero-order chi connectivity index (χ0) is 20.7. The number of urea groups is 1. The number of barbiturate groups is 1. The molecule has 0 saturated carbocycles. The standard InChI is InChI=1S/C20H25ClN2O5/c1-4-5-10-22-18(24)16(19(25)23(20(22)26)11-6-9-21)12-14-7-8-15(27-2)13-17(14)28-3/h7-8,12-13H,4-6,9-11H2,1-3H3/b16-12+. The van der Waals surface area contributed by atoms with Gasteiger partial charge in [-0.3, -0.25) is 19.4 Å². The molecule has 28 heavy (non-hydrogen) atoms. The van der Waals surface area contributed by atoms with E-state index in [0.29, 0.717) is 35.8 Å². The van der Waals surface area contributed by atoms with Crippen molar-refractivity contribution >= 4 is 35.5 Å². The second-order valence-corrected chi connectivity index (χ2v) is 6.64. The number of amides is 4. The van der Waals surface area contributed by atoms with Crippen LogP contribution in [-0.4, -0.2) is 60.8 Å². The van der Waals surface area contributed by atoms with Crippen LogP contribution in [0.2, 0.25) is 0 Å². The number of methoxy groups -OCH3 is 2. The Kier molecular flexibility index (Phi) is 7.87.